The van der Waals surface area contributed by atoms with Crippen LogP contribution in [-0.2, 0) is 16.1 Å². The van der Waals surface area contributed by atoms with Gasteiger partial charge < -0.3 is 24.8 Å². The fourth-order valence-electron chi connectivity index (χ4n) is 3.94. The van der Waals surface area contributed by atoms with E-state index in [4.69, 9.17) is 9.47 Å². The molecule has 0 bridgehead atoms. The summed E-state index contributed by atoms with van der Waals surface area (Å²) in [5, 5.41) is 12.3. The van der Waals surface area contributed by atoms with Crippen LogP contribution in [0.5, 0.6) is 5.75 Å². The molecular formula is C23H24N6O4S. The van der Waals surface area contributed by atoms with Crippen LogP contribution in [0.15, 0.2) is 52.4 Å². The fourth-order valence-corrected chi connectivity index (χ4v) is 4.69. The number of fused-ring (bicyclic) bond motifs is 1. The van der Waals surface area contributed by atoms with E-state index >= 15 is 0 Å². The molecule has 34 heavy (non-hydrogen) atoms. The van der Waals surface area contributed by atoms with Crippen LogP contribution in [0.25, 0.3) is 22.4 Å². The molecule has 1 fully saturated rings. The number of carbonyl (C=O) groups excluding carboxylic acids is 1. The zero-order chi connectivity index (χ0) is 23.5. The molecule has 0 spiro atoms. The van der Waals surface area contributed by atoms with Crippen molar-refractivity contribution >= 4 is 34.4 Å². The van der Waals surface area contributed by atoms with Crippen LogP contribution in [0.3, 0.4) is 0 Å². The minimum atomic E-state index is -0.285. The molecule has 0 aliphatic carbocycles. The van der Waals surface area contributed by atoms with E-state index in [-0.39, 0.29) is 23.5 Å². The van der Waals surface area contributed by atoms with Crippen molar-refractivity contribution in [3.8, 4) is 17.1 Å². The van der Waals surface area contributed by atoms with Crippen molar-refractivity contribution in [1.29, 1.82) is 0 Å². The van der Waals surface area contributed by atoms with Gasteiger partial charge in [0.05, 0.1) is 36.5 Å². The standard InChI is InChI=1S/C23H24N6O4S/c1-32-16-7-4-14(5-8-16)21-27-28-23(29(21)12-17-3-2-10-33-17)34-13-20(30)24-15-6-9-18-19(11-15)26-22(31)25-18/h4-9,11,17H,2-3,10,12-13H2,1H3,(H,24,30)(H2,25,26,31)/t17-/m1/s1. The lowest BCUT2D eigenvalue weighted by Crippen LogP contribution is -2.18. The molecule has 10 nitrogen and oxygen atoms in total. The maximum atomic E-state index is 12.6. The van der Waals surface area contributed by atoms with Crippen LogP contribution in [0.1, 0.15) is 12.8 Å². The van der Waals surface area contributed by atoms with Gasteiger partial charge in [0.1, 0.15) is 5.75 Å². The molecule has 4 aromatic rings. The number of anilines is 1. The van der Waals surface area contributed by atoms with Gasteiger partial charge >= 0.3 is 5.69 Å². The van der Waals surface area contributed by atoms with Crippen LogP contribution < -0.4 is 15.7 Å². The lowest BCUT2D eigenvalue weighted by Gasteiger charge is -2.15. The van der Waals surface area contributed by atoms with Gasteiger partial charge in [0, 0.05) is 17.9 Å². The Hall–Kier alpha value is -3.57. The summed E-state index contributed by atoms with van der Waals surface area (Å²) in [7, 11) is 1.63. The number of amides is 1. The quantitative estimate of drug-likeness (QED) is 0.331. The van der Waals surface area contributed by atoms with Gasteiger partial charge in [0.25, 0.3) is 0 Å². The first-order valence-electron chi connectivity index (χ1n) is 10.9. The molecule has 3 N–H and O–H groups in total. The second kappa shape index (κ2) is 9.74. The summed E-state index contributed by atoms with van der Waals surface area (Å²) in [6, 6.07) is 12.9. The highest BCUT2D eigenvalue weighted by atomic mass is 32.2. The van der Waals surface area contributed by atoms with Gasteiger partial charge in [-0.2, -0.15) is 0 Å². The monoisotopic (exact) mass is 480 g/mol. The van der Waals surface area contributed by atoms with E-state index in [1.54, 1.807) is 25.3 Å². The number of imidazole rings is 1. The summed E-state index contributed by atoms with van der Waals surface area (Å²) < 4.78 is 13.1. The van der Waals surface area contributed by atoms with Gasteiger partial charge in [-0.3, -0.25) is 9.36 Å². The molecule has 1 amide bonds. The Kier molecular flexibility index (Phi) is 6.37. The number of methoxy groups -OCH3 is 1. The smallest absolute Gasteiger partial charge is 0.323 e. The summed E-state index contributed by atoms with van der Waals surface area (Å²) in [6.45, 7) is 1.38. The lowest BCUT2D eigenvalue weighted by molar-refractivity contribution is -0.113. The van der Waals surface area contributed by atoms with Gasteiger partial charge in [0.2, 0.25) is 5.91 Å². The number of nitrogens with zero attached hydrogens (tertiary/aromatic N) is 3. The van der Waals surface area contributed by atoms with E-state index in [0.717, 1.165) is 36.6 Å². The number of thioether (sulfide) groups is 1. The number of benzene rings is 2. The molecule has 5 rings (SSSR count). The minimum absolute atomic E-state index is 0.0939. The number of ether oxygens (including phenoxy) is 2. The number of hydrogen-bond acceptors (Lipinski definition) is 7. The number of nitrogens with one attached hydrogen (secondary N) is 3. The number of aromatic nitrogens is 5. The average molecular weight is 481 g/mol. The van der Waals surface area contributed by atoms with E-state index in [0.29, 0.717) is 28.4 Å². The Bertz CT molecular complexity index is 1350. The highest BCUT2D eigenvalue weighted by molar-refractivity contribution is 7.99. The second-order valence-electron chi connectivity index (χ2n) is 7.96. The molecule has 1 aliphatic rings. The topological polar surface area (TPSA) is 127 Å². The molecule has 0 saturated carbocycles. The summed E-state index contributed by atoms with van der Waals surface area (Å²) in [5.74, 6) is 1.47. The van der Waals surface area contributed by atoms with Gasteiger partial charge in [-0.25, -0.2) is 4.79 Å². The van der Waals surface area contributed by atoms with E-state index in [1.165, 1.54) is 11.8 Å². The maximum absolute atomic E-state index is 12.6. The van der Waals surface area contributed by atoms with Crippen molar-refractivity contribution < 1.29 is 14.3 Å². The Morgan fingerprint density at radius 3 is 2.79 bits per heavy atom. The molecule has 176 valence electrons. The summed E-state index contributed by atoms with van der Waals surface area (Å²) in [6.07, 6.45) is 2.11. The normalized spacial score (nSPS) is 15.6. The van der Waals surface area contributed by atoms with Crippen molar-refractivity contribution in [2.24, 2.45) is 0 Å². The van der Waals surface area contributed by atoms with E-state index in [1.807, 2.05) is 28.8 Å². The minimum Gasteiger partial charge on any atom is -0.497 e. The highest BCUT2D eigenvalue weighted by Crippen LogP contribution is 2.28. The third-order valence-corrected chi connectivity index (χ3v) is 6.57. The van der Waals surface area contributed by atoms with Crippen molar-refractivity contribution in [3.05, 3.63) is 52.9 Å². The lowest BCUT2D eigenvalue weighted by atomic mass is 10.2. The molecular weight excluding hydrogens is 456 g/mol. The molecule has 1 saturated heterocycles. The molecule has 3 heterocycles. The number of H-pyrrole nitrogens is 2. The van der Waals surface area contributed by atoms with Gasteiger partial charge in [-0.05, 0) is 55.3 Å². The number of rotatable bonds is 8. The predicted molar refractivity (Wildman–Crippen MR) is 129 cm³/mol. The van der Waals surface area contributed by atoms with Crippen molar-refractivity contribution in [1.82, 2.24) is 24.7 Å². The zero-order valence-corrected chi connectivity index (χ0v) is 19.4. The van der Waals surface area contributed by atoms with Gasteiger partial charge in [-0.1, -0.05) is 11.8 Å². The average Bonchev–Trinajstić information content (AvgIpc) is 3.58. The van der Waals surface area contributed by atoms with Gasteiger partial charge in [-0.15, -0.1) is 10.2 Å². The highest BCUT2D eigenvalue weighted by Gasteiger charge is 2.22. The van der Waals surface area contributed by atoms with E-state index in [9.17, 15) is 9.59 Å². The Morgan fingerprint density at radius 2 is 2.03 bits per heavy atom. The summed E-state index contributed by atoms with van der Waals surface area (Å²) in [5.41, 5.74) is 2.55. The predicted octanol–water partition coefficient (Wildman–Crippen LogP) is 3.03. The molecule has 2 aromatic heterocycles. The second-order valence-corrected chi connectivity index (χ2v) is 8.90. The first kappa shape index (κ1) is 22.2. The first-order valence-corrected chi connectivity index (χ1v) is 11.9. The summed E-state index contributed by atoms with van der Waals surface area (Å²) in [4.78, 5) is 29.4. The number of carbonyl (C=O) groups is 1. The van der Waals surface area contributed by atoms with Crippen molar-refractivity contribution in [2.75, 3.05) is 24.8 Å². The molecule has 11 heteroatoms. The number of hydrogen-bond donors (Lipinski definition) is 3. The van der Waals surface area contributed by atoms with Crippen molar-refractivity contribution in [3.63, 3.8) is 0 Å². The van der Waals surface area contributed by atoms with E-state index in [2.05, 4.69) is 25.5 Å². The van der Waals surface area contributed by atoms with Crippen LogP contribution in [0, 0.1) is 0 Å². The maximum Gasteiger partial charge on any atom is 0.323 e. The van der Waals surface area contributed by atoms with Gasteiger partial charge in [0.15, 0.2) is 11.0 Å². The third-order valence-electron chi connectivity index (χ3n) is 5.61. The summed E-state index contributed by atoms with van der Waals surface area (Å²) >= 11 is 1.32. The van der Waals surface area contributed by atoms with Crippen molar-refractivity contribution in [2.45, 2.75) is 30.6 Å². The first-order chi connectivity index (χ1) is 16.6. The Morgan fingerprint density at radius 1 is 1.21 bits per heavy atom. The van der Waals surface area contributed by atoms with Crippen LogP contribution in [0.2, 0.25) is 0 Å². The third kappa shape index (κ3) is 4.85. The largest absolute Gasteiger partial charge is 0.497 e. The molecule has 1 aliphatic heterocycles. The Balaban J connectivity index is 1.31. The molecule has 0 radical (unpaired) electrons. The van der Waals surface area contributed by atoms with Crippen LogP contribution >= 0.6 is 11.8 Å². The fraction of sp³-hybridized carbons (Fsp3) is 0.304. The molecule has 0 unspecified atom stereocenters. The molecule has 1 atom stereocenters. The number of aromatic amines is 2. The van der Waals surface area contributed by atoms with Crippen LogP contribution in [0.4, 0.5) is 5.69 Å². The zero-order valence-electron chi connectivity index (χ0n) is 18.5. The Labute approximate surface area is 199 Å². The van der Waals surface area contributed by atoms with Crippen LogP contribution in [-0.4, -0.2) is 56.2 Å². The molecule has 2 aromatic carbocycles. The SMILES string of the molecule is COc1ccc(-c2nnc(SCC(=O)Nc3ccc4[nH]c(=O)[nH]c4c3)n2C[C@H]2CCCO2)cc1. The van der Waals surface area contributed by atoms with E-state index < -0.39 is 0 Å².